The Kier molecular flexibility index (Phi) is 4.35. The maximum absolute atomic E-state index is 6.38. The molecule has 0 fully saturated rings. The van der Waals surface area contributed by atoms with Crippen molar-refractivity contribution in [3.8, 4) is 22.4 Å². The van der Waals surface area contributed by atoms with Crippen molar-refractivity contribution in [2.45, 2.75) is 26.2 Å². The molecule has 0 bridgehead atoms. The largest absolute Gasteiger partial charge is 0.448 e. The zero-order chi connectivity index (χ0) is 16.6. The van der Waals surface area contributed by atoms with Crippen molar-refractivity contribution in [1.29, 1.82) is 0 Å². The molecule has 0 saturated heterocycles. The molecule has 0 spiro atoms. The van der Waals surface area contributed by atoms with Crippen molar-refractivity contribution < 1.29 is 4.42 Å². The highest BCUT2D eigenvalue weighted by molar-refractivity contribution is 9.10. The molecule has 0 aliphatic rings. The Balaban J connectivity index is 2.18. The van der Waals surface area contributed by atoms with E-state index in [-0.39, 0.29) is 5.41 Å². The average molecular weight is 391 g/mol. The Labute approximate surface area is 149 Å². The van der Waals surface area contributed by atoms with Gasteiger partial charge in [0, 0.05) is 26.0 Å². The summed E-state index contributed by atoms with van der Waals surface area (Å²) in [7, 11) is 0. The van der Waals surface area contributed by atoms with Gasteiger partial charge in [-0.1, -0.05) is 72.6 Å². The van der Waals surface area contributed by atoms with Crippen LogP contribution in [-0.2, 0) is 5.41 Å². The molecule has 0 unspecified atom stereocenters. The Morgan fingerprint density at radius 3 is 2.39 bits per heavy atom. The van der Waals surface area contributed by atoms with Crippen LogP contribution in [0.4, 0.5) is 0 Å². The van der Waals surface area contributed by atoms with Gasteiger partial charge >= 0.3 is 0 Å². The minimum absolute atomic E-state index is 0.130. The molecule has 1 aromatic heterocycles. The van der Waals surface area contributed by atoms with E-state index in [0.717, 1.165) is 37.8 Å². The van der Waals surface area contributed by atoms with Gasteiger partial charge in [0.25, 0.3) is 0 Å². The summed E-state index contributed by atoms with van der Waals surface area (Å²) >= 11 is 9.92. The molecule has 4 heteroatoms. The summed E-state index contributed by atoms with van der Waals surface area (Å²) in [6, 6.07) is 13.9. The van der Waals surface area contributed by atoms with Crippen molar-refractivity contribution in [1.82, 2.24) is 4.98 Å². The highest BCUT2D eigenvalue weighted by atomic mass is 79.9. The molecule has 0 amide bonds. The molecular formula is C19H17BrClNO. The summed E-state index contributed by atoms with van der Waals surface area (Å²) in [5.41, 5.74) is 3.69. The van der Waals surface area contributed by atoms with Gasteiger partial charge in [0.2, 0.25) is 0 Å². The van der Waals surface area contributed by atoms with E-state index in [4.69, 9.17) is 16.0 Å². The Morgan fingerprint density at radius 1 is 1.00 bits per heavy atom. The Bertz CT molecular complexity index is 849. The third-order valence-electron chi connectivity index (χ3n) is 3.57. The fourth-order valence-corrected chi connectivity index (χ4v) is 2.98. The van der Waals surface area contributed by atoms with E-state index < -0.39 is 0 Å². The third-order valence-corrected chi connectivity index (χ3v) is 4.39. The van der Waals surface area contributed by atoms with E-state index in [9.17, 15) is 0 Å². The number of aromatic nitrogens is 1. The van der Waals surface area contributed by atoms with Gasteiger partial charge in [0.15, 0.2) is 5.89 Å². The first kappa shape index (κ1) is 16.3. The van der Waals surface area contributed by atoms with Gasteiger partial charge in [-0.2, -0.15) is 0 Å². The first-order valence-electron chi connectivity index (χ1n) is 7.37. The SMILES string of the molecule is CC(C)(C)c1nc(-c2cc(Br)ccc2-c2ccccc2Cl)co1. The molecule has 3 aromatic rings. The fourth-order valence-electron chi connectivity index (χ4n) is 2.38. The van der Waals surface area contributed by atoms with Gasteiger partial charge in [0.1, 0.15) is 12.0 Å². The van der Waals surface area contributed by atoms with Crippen LogP contribution in [0.3, 0.4) is 0 Å². The van der Waals surface area contributed by atoms with Crippen molar-refractivity contribution in [2.75, 3.05) is 0 Å². The van der Waals surface area contributed by atoms with Crippen LogP contribution in [-0.4, -0.2) is 4.98 Å². The number of hydrogen-bond acceptors (Lipinski definition) is 2. The Morgan fingerprint density at radius 2 is 1.74 bits per heavy atom. The van der Waals surface area contributed by atoms with Crippen LogP contribution in [0, 0.1) is 0 Å². The van der Waals surface area contributed by atoms with Gasteiger partial charge in [0.05, 0.1) is 0 Å². The van der Waals surface area contributed by atoms with E-state index in [1.807, 2.05) is 42.5 Å². The van der Waals surface area contributed by atoms with Gasteiger partial charge in [-0.25, -0.2) is 4.98 Å². The summed E-state index contributed by atoms with van der Waals surface area (Å²) in [6.45, 7) is 6.25. The molecule has 0 atom stereocenters. The van der Waals surface area contributed by atoms with E-state index in [1.165, 1.54) is 0 Å². The van der Waals surface area contributed by atoms with Crippen LogP contribution in [0.1, 0.15) is 26.7 Å². The topological polar surface area (TPSA) is 26.0 Å². The molecule has 0 N–H and O–H groups in total. The highest BCUT2D eigenvalue weighted by Gasteiger charge is 2.22. The van der Waals surface area contributed by atoms with Gasteiger partial charge in [-0.15, -0.1) is 0 Å². The number of oxazole rings is 1. The van der Waals surface area contributed by atoms with Crippen LogP contribution >= 0.6 is 27.5 Å². The maximum atomic E-state index is 6.38. The lowest BCUT2D eigenvalue weighted by molar-refractivity contribution is 0.392. The molecule has 0 aliphatic heterocycles. The zero-order valence-electron chi connectivity index (χ0n) is 13.2. The van der Waals surface area contributed by atoms with E-state index >= 15 is 0 Å². The summed E-state index contributed by atoms with van der Waals surface area (Å²) in [4.78, 5) is 4.68. The van der Waals surface area contributed by atoms with Crippen molar-refractivity contribution in [3.05, 3.63) is 64.1 Å². The number of hydrogen-bond donors (Lipinski definition) is 0. The summed E-state index contributed by atoms with van der Waals surface area (Å²) in [5.74, 6) is 0.720. The first-order valence-corrected chi connectivity index (χ1v) is 8.54. The molecule has 3 rings (SSSR count). The molecule has 118 valence electrons. The number of halogens is 2. The monoisotopic (exact) mass is 389 g/mol. The zero-order valence-corrected chi connectivity index (χ0v) is 15.6. The standard InChI is InChI=1S/C19H17BrClNO/c1-19(2,3)18-22-17(11-23-18)15-10-12(20)8-9-13(15)14-6-4-5-7-16(14)21/h4-11H,1-3H3. The van der Waals surface area contributed by atoms with E-state index in [0.29, 0.717) is 0 Å². The van der Waals surface area contributed by atoms with Crippen molar-refractivity contribution >= 4 is 27.5 Å². The van der Waals surface area contributed by atoms with Crippen molar-refractivity contribution in [3.63, 3.8) is 0 Å². The van der Waals surface area contributed by atoms with Gasteiger partial charge in [-0.3, -0.25) is 0 Å². The van der Waals surface area contributed by atoms with E-state index in [1.54, 1.807) is 6.26 Å². The van der Waals surface area contributed by atoms with Crippen molar-refractivity contribution in [2.24, 2.45) is 0 Å². The fraction of sp³-hybridized carbons (Fsp3) is 0.211. The second-order valence-corrected chi connectivity index (χ2v) is 7.78. The van der Waals surface area contributed by atoms with Gasteiger partial charge < -0.3 is 4.42 Å². The Hall–Kier alpha value is -1.58. The molecule has 1 heterocycles. The lowest BCUT2D eigenvalue weighted by atomic mass is 9.96. The van der Waals surface area contributed by atoms with E-state index in [2.05, 4.69) is 41.7 Å². The smallest absolute Gasteiger partial charge is 0.199 e. The predicted octanol–water partition coefficient (Wildman–Crippen LogP) is 6.72. The van der Waals surface area contributed by atoms with Crippen LogP contribution in [0.15, 0.2) is 57.6 Å². The molecule has 0 aliphatic carbocycles. The van der Waals surface area contributed by atoms with Crippen LogP contribution in [0.25, 0.3) is 22.4 Å². The molecule has 2 nitrogen and oxygen atoms in total. The maximum Gasteiger partial charge on any atom is 0.199 e. The normalized spacial score (nSPS) is 11.7. The molecular weight excluding hydrogens is 374 g/mol. The lowest BCUT2D eigenvalue weighted by Gasteiger charge is -2.12. The predicted molar refractivity (Wildman–Crippen MR) is 98.8 cm³/mol. The lowest BCUT2D eigenvalue weighted by Crippen LogP contribution is -2.11. The van der Waals surface area contributed by atoms with Crippen LogP contribution in [0.2, 0.25) is 5.02 Å². The molecule has 0 radical (unpaired) electrons. The molecule has 2 aromatic carbocycles. The second kappa shape index (κ2) is 6.14. The van der Waals surface area contributed by atoms with Crippen LogP contribution < -0.4 is 0 Å². The highest BCUT2D eigenvalue weighted by Crippen LogP contribution is 2.38. The first-order chi connectivity index (χ1) is 10.9. The quantitative estimate of drug-likeness (QED) is 0.485. The second-order valence-electron chi connectivity index (χ2n) is 6.46. The summed E-state index contributed by atoms with van der Waals surface area (Å²) in [5, 5.41) is 0.718. The minimum atomic E-state index is -0.130. The molecule has 0 saturated carbocycles. The minimum Gasteiger partial charge on any atom is -0.448 e. The number of benzene rings is 2. The number of rotatable bonds is 2. The van der Waals surface area contributed by atoms with Crippen LogP contribution in [0.5, 0.6) is 0 Å². The summed E-state index contributed by atoms with van der Waals surface area (Å²) in [6.07, 6.45) is 1.71. The average Bonchev–Trinajstić information content (AvgIpc) is 2.98. The van der Waals surface area contributed by atoms with Gasteiger partial charge in [-0.05, 0) is 23.8 Å². The molecule has 23 heavy (non-hydrogen) atoms. The third kappa shape index (κ3) is 3.36. The summed E-state index contributed by atoms with van der Waals surface area (Å²) < 4.78 is 6.67. The number of nitrogens with zero attached hydrogens (tertiary/aromatic N) is 1.